The van der Waals surface area contributed by atoms with Crippen LogP contribution in [-0.4, -0.2) is 27.6 Å². The van der Waals surface area contributed by atoms with Gasteiger partial charge in [0.15, 0.2) is 0 Å². The molecule has 0 aliphatic rings. The number of thiazole rings is 1. The van der Waals surface area contributed by atoms with Gasteiger partial charge in [0.2, 0.25) is 5.60 Å². The van der Waals surface area contributed by atoms with Gasteiger partial charge in [-0.2, -0.15) is 0 Å². The van der Waals surface area contributed by atoms with E-state index < -0.39 is 17.4 Å². The summed E-state index contributed by atoms with van der Waals surface area (Å²) in [7, 11) is 0. The number of rotatable bonds is 8. The first-order valence-corrected chi connectivity index (χ1v) is 9.85. The van der Waals surface area contributed by atoms with E-state index in [1.807, 2.05) is 54.6 Å². The highest BCUT2D eigenvalue weighted by Crippen LogP contribution is 2.21. The SMILES string of the molecule is CC(OCc1ccc(-c2ccccc2)cc1)(C(=O)NO)C(=O)NCc1cscn1. The van der Waals surface area contributed by atoms with Crippen molar-refractivity contribution in [2.45, 2.75) is 25.7 Å². The smallest absolute Gasteiger partial charge is 0.285 e. The van der Waals surface area contributed by atoms with Crippen molar-refractivity contribution in [1.29, 1.82) is 0 Å². The predicted molar refractivity (Wildman–Crippen MR) is 109 cm³/mol. The van der Waals surface area contributed by atoms with Crippen molar-refractivity contribution in [1.82, 2.24) is 15.8 Å². The first-order valence-electron chi connectivity index (χ1n) is 8.91. The van der Waals surface area contributed by atoms with Crippen LogP contribution in [0.15, 0.2) is 65.5 Å². The zero-order chi connectivity index (χ0) is 20.7. The van der Waals surface area contributed by atoms with Crippen molar-refractivity contribution in [2.75, 3.05) is 0 Å². The van der Waals surface area contributed by atoms with Gasteiger partial charge < -0.3 is 10.1 Å². The third kappa shape index (κ3) is 5.05. The lowest BCUT2D eigenvalue weighted by atomic mass is 10.0. The molecule has 0 fully saturated rings. The first-order chi connectivity index (χ1) is 14.0. The van der Waals surface area contributed by atoms with E-state index in [9.17, 15) is 9.59 Å². The molecule has 3 aromatic rings. The van der Waals surface area contributed by atoms with Crippen LogP contribution >= 0.6 is 11.3 Å². The third-order valence-corrected chi connectivity index (χ3v) is 5.11. The van der Waals surface area contributed by atoms with Gasteiger partial charge in [-0.1, -0.05) is 54.6 Å². The molecule has 1 heterocycles. The molecule has 29 heavy (non-hydrogen) atoms. The second kappa shape index (κ2) is 9.42. The van der Waals surface area contributed by atoms with Crippen LogP contribution in [0.25, 0.3) is 11.1 Å². The summed E-state index contributed by atoms with van der Waals surface area (Å²) in [6, 6.07) is 17.5. The van der Waals surface area contributed by atoms with Crippen LogP contribution in [0.2, 0.25) is 0 Å². The average molecular weight is 411 g/mol. The fraction of sp³-hybridized carbons (Fsp3) is 0.190. The van der Waals surface area contributed by atoms with E-state index in [4.69, 9.17) is 9.94 Å². The average Bonchev–Trinajstić information content (AvgIpc) is 3.30. The Morgan fingerprint density at radius 1 is 1.07 bits per heavy atom. The molecule has 0 saturated heterocycles. The van der Waals surface area contributed by atoms with E-state index >= 15 is 0 Å². The quantitative estimate of drug-likeness (QED) is 0.301. The molecular formula is C21H21N3O4S. The van der Waals surface area contributed by atoms with E-state index in [-0.39, 0.29) is 13.2 Å². The van der Waals surface area contributed by atoms with Gasteiger partial charge >= 0.3 is 0 Å². The summed E-state index contributed by atoms with van der Waals surface area (Å²) in [5.74, 6) is -1.62. The molecule has 0 spiro atoms. The van der Waals surface area contributed by atoms with Gasteiger partial charge in [0.1, 0.15) is 0 Å². The molecule has 0 saturated carbocycles. The summed E-state index contributed by atoms with van der Waals surface area (Å²) in [5, 5.41) is 13.5. The lowest BCUT2D eigenvalue weighted by Gasteiger charge is -2.26. The summed E-state index contributed by atoms with van der Waals surface area (Å²) < 4.78 is 5.64. The standard InChI is InChI=1S/C21H21N3O4S/c1-21(20(26)24-27,19(25)22-11-18-13-29-14-23-18)28-12-15-7-9-17(10-8-15)16-5-3-2-4-6-16/h2-10,13-14,27H,11-12H2,1H3,(H,22,25)(H,24,26). The summed E-state index contributed by atoms with van der Waals surface area (Å²) >= 11 is 1.40. The number of carbonyl (C=O) groups is 2. The summed E-state index contributed by atoms with van der Waals surface area (Å²) in [6.07, 6.45) is 0. The Hall–Kier alpha value is -3.07. The maximum absolute atomic E-state index is 12.6. The molecule has 2 amide bonds. The molecule has 3 N–H and O–H groups in total. The largest absolute Gasteiger partial charge is 0.351 e. The number of amides is 2. The van der Waals surface area contributed by atoms with Crippen LogP contribution in [0.3, 0.4) is 0 Å². The minimum absolute atomic E-state index is 0.0170. The molecule has 1 unspecified atom stereocenters. The predicted octanol–water partition coefficient (Wildman–Crippen LogP) is 2.91. The van der Waals surface area contributed by atoms with Gasteiger partial charge in [0, 0.05) is 5.38 Å². The highest BCUT2D eigenvalue weighted by Gasteiger charge is 2.42. The van der Waals surface area contributed by atoms with Crippen molar-refractivity contribution in [3.63, 3.8) is 0 Å². The van der Waals surface area contributed by atoms with Gasteiger partial charge in [0.05, 0.1) is 24.4 Å². The number of hydrogen-bond acceptors (Lipinski definition) is 6. The van der Waals surface area contributed by atoms with E-state index in [1.54, 1.807) is 10.9 Å². The Kier molecular flexibility index (Phi) is 6.71. The van der Waals surface area contributed by atoms with Crippen LogP contribution in [0.1, 0.15) is 18.2 Å². The summed E-state index contributed by atoms with van der Waals surface area (Å²) in [4.78, 5) is 28.8. The van der Waals surface area contributed by atoms with Crippen molar-refractivity contribution < 1.29 is 19.5 Å². The number of carbonyl (C=O) groups excluding carboxylic acids is 2. The van der Waals surface area contributed by atoms with E-state index in [2.05, 4.69) is 10.3 Å². The second-order valence-electron chi connectivity index (χ2n) is 6.49. The number of nitrogens with one attached hydrogen (secondary N) is 2. The highest BCUT2D eigenvalue weighted by molar-refractivity contribution is 7.07. The summed E-state index contributed by atoms with van der Waals surface area (Å²) in [5.41, 5.74) is 4.85. The number of hydrogen-bond donors (Lipinski definition) is 3. The fourth-order valence-electron chi connectivity index (χ4n) is 2.66. The Morgan fingerprint density at radius 2 is 1.76 bits per heavy atom. The van der Waals surface area contributed by atoms with E-state index in [1.165, 1.54) is 23.7 Å². The first kappa shape index (κ1) is 20.7. The third-order valence-electron chi connectivity index (χ3n) is 4.47. The zero-order valence-corrected chi connectivity index (χ0v) is 16.6. The molecule has 0 bridgehead atoms. The lowest BCUT2D eigenvalue weighted by molar-refractivity contribution is -0.166. The van der Waals surface area contributed by atoms with Crippen molar-refractivity contribution >= 4 is 23.2 Å². The molecule has 0 radical (unpaired) electrons. The molecular weight excluding hydrogens is 390 g/mol. The van der Waals surface area contributed by atoms with Crippen molar-refractivity contribution in [3.8, 4) is 11.1 Å². The zero-order valence-electron chi connectivity index (χ0n) is 15.8. The van der Waals surface area contributed by atoms with E-state index in [0.29, 0.717) is 5.69 Å². The van der Waals surface area contributed by atoms with Gasteiger partial charge in [-0.15, -0.1) is 11.3 Å². The highest BCUT2D eigenvalue weighted by atomic mass is 32.1. The van der Waals surface area contributed by atoms with Gasteiger partial charge in [-0.3, -0.25) is 14.8 Å². The Morgan fingerprint density at radius 3 is 2.38 bits per heavy atom. The van der Waals surface area contributed by atoms with Crippen LogP contribution < -0.4 is 10.8 Å². The Labute approximate surface area is 172 Å². The molecule has 3 rings (SSSR count). The van der Waals surface area contributed by atoms with Crippen LogP contribution in [0.4, 0.5) is 0 Å². The maximum atomic E-state index is 12.6. The monoisotopic (exact) mass is 411 g/mol. The fourth-order valence-corrected chi connectivity index (χ4v) is 3.22. The Bertz CT molecular complexity index is 946. The maximum Gasteiger partial charge on any atom is 0.285 e. The van der Waals surface area contributed by atoms with Gasteiger partial charge in [-0.05, 0) is 23.6 Å². The Balaban J connectivity index is 1.66. The summed E-state index contributed by atoms with van der Waals surface area (Å²) in [6.45, 7) is 1.49. The van der Waals surface area contributed by atoms with Crippen molar-refractivity contribution in [2.24, 2.45) is 0 Å². The minimum Gasteiger partial charge on any atom is -0.351 e. The molecule has 1 atom stereocenters. The molecule has 0 aliphatic heterocycles. The minimum atomic E-state index is -1.90. The second-order valence-corrected chi connectivity index (χ2v) is 7.21. The normalized spacial score (nSPS) is 12.8. The van der Waals surface area contributed by atoms with Crippen molar-refractivity contribution in [3.05, 3.63) is 76.7 Å². The topological polar surface area (TPSA) is 101 Å². The van der Waals surface area contributed by atoms with Gasteiger partial charge in [0.25, 0.3) is 11.8 Å². The number of nitrogens with zero attached hydrogens (tertiary/aromatic N) is 1. The molecule has 150 valence electrons. The number of hydroxylamine groups is 1. The molecule has 7 nitrogen and oxygen atoms in total. The number of benzene rings is 2. The van der Waals surface area contributed by atoms with Crippen LogP contribution in [0.5, 0.6) is 0 Å². The van der Waals surface area contributed by atoms with Crippen LogP contribution in [0, 0.1) is 0 Å². The lowest BCUT2D eigenvalue weighted by Crippen LogP contribution is -2.56. The van der Waals surface area contributed by atoms with Gasteiger partial charge in [-0.25, -0.2) is 10.5 Å². The molecule has 8 heteroatoms. The number of ether oxygens (including phenoxy) is 1. The number of aromatic nitrogens is 1. The van der Waals surface area contributed by atoms with Crippen LogP contribution in [-0.2, 0) is 27.5 Å². The molecule has 1 aromatic heterocycles. The van der Waals surface area contributed by atoms with E-state index in [0.717, 1.165) is 16.7 Å². The molecule has 0 aliphatic carbocycles. The molecule has 2 aromatic carbocycles.